The molecule has 0 saturated carbocycles. The highest BCUT2D eigenvalue weighted by atomic mass is 15.3. The van der Waals surface area contributed by atoms with Crippen LogP contribution in [0.5, 0.6) is 0 Å². The molecule has 2 rings (SSSR count). The minimum absolute atomic E-state index is 0.377. The van der Waals surface area contributed by atoms with Crippen LogP contribution in [0.2, 0.25) is 0 Å². The Kier molecular flexibility index (Phi) is 5.93. The lowest BCUT2D eigenvalue weighted by atomic mass is 9.91. The van der Waals surface area contributed by atoms with Gasteiger partial charge in [0, 0.05) is 19.0 Å². The fourth-order valence-electron chi connectivity index (χ4n) is 2.65. The first-order valence-corrected chi connectivity index (χ1v) is 7.91. The Hall–Kier alpha value is -1.68. The van der Waals surface area contributed by atoms with Crippen molar-refractivity contribution in [1.29, 1.82) is 0 Å². The molecule has 114 valence electrons. The molecule has 0 saturated heterocycles. The second kappa shape index (κ2) is 7.93. The fourth-order valence-corrected chi connectivity index (χ4v) is 2.65. The SMILES string of the molecule is CCCNC(Cc1ncnn1CC)C(C)c1ccccc1. The first kappa shape index (κ1) is 15.7. The number of hydrogen-bond donors (Lipinski definition) is 1. The van der Waals surface area contributed by atoms with Gasteiger partial charge in [-0.15, -0.1) is 0 Å². The van der Waals surface area contributed by atoms with E-state index in [1.165, 1.54) is 5.56 Å². The van der Waals surface area contributed by atoms with Crippen molar-refractivity contribution < 1.29 is 0 Å². The van der Waals surface area contributed by atoms with Crippen LogP contribution in [0.15, 0.2) is 36.7 Å². The van der Waals surface area contributed by atoms with Crippen molar-refractivity contribution in [2.75, 3.05) is 6.54 Å². The van der Waals surface area contributed by atoms with Crippen LogP contribution in [0.4, 0.5) is 0 Å². The van der Waals surface area contributed by atoms with Gasteiger partial charge in [0.15, 0.2) is 0 Å². The highest BCUT2D eigenvalue weighted by Crippen LogP contribution is 2.21. The van der Waals surface area contributed by atoms with Crippen LogP contribution in [-0.2, 0) is 13.0 Å². The topological polar surface area (TPSA) is 42.7 Å². The molecule has 1 aromatic carbocycles. The van der Waals surface area contributed by atoms with E-state index >= 15 is 0 Å². The standard InChI is InChI=1S/C17H26N4/c1-4-11-18-16(12-17-19-13-20-21(17)5-2)14(3)15-9-7-6-8-10-15/h6-10,13-14,16,18H,4-5,11-12H2,1-3H3. The van der Waals surface area contributed by atoms with Gasteiger partial charge in [-0.3, -0.25) is 4.68 Å². The molecule has 2 unspecified atom stereocenters. The zero-order valence-electron chi connectivity index (χ0n) is 13.3. The average molecular weight is 286 g/mol. The molecule has 2 atom stereocenters. The summed E-state index contributed by atoms with van der Waals surface area (Å²) in [5.41, 5.74) is 1.37. The van der Waals surface area contributed by atoms with Crippen molar-refractivity contribution >= 4 is 0 Å². The number of rotatable bonds is 8. The largest absolute Gasteiger partial charge is 0.313 e. The second-order valence-corrected chi connectivity index (χ2v) is 5.46. The van der Waals surface area contributed by atoms with E-state index in [2.05, 4.69) is 66.5 Å². The summed E-state index contributed by atoms with van der Waals surface area (Å²) in [5, 5.41) is 7.95. The van der Waals surface area contributed by atoms with Gasteiger partial charge in [-0.25, -0.2) is 4.98 Å². The molecule has 0 bridgehead atoms. The third-order valence-electron chi connectivity index (χ3n) is 3.98. The maximum Gasteiger partial charge on any atom is 0.138 e. The maximum atomic E-state index is 4.42. The Morgan fingerprint density at radius 1 is 1.19 bits per heavy atom. The molecule has 0 spiro atoms. The molecule has 1 heterocycles. The van der Waals surface area contributed by atoms with Crippen LogP contribution < -0.4 is 5.32 Å². The summed E-state index contributed by atoms with van der Waals surface area (Å²) in [4.78, 5) is 4.42. The van der Waals surface area contributed by atoms with Crippen LogP contribution in [-0.4, -0.2) is 27.4 Å². The van der Waals surface area contributed by atoms with Crippen molar-refractivity contribution in [3.63, 3.8) is 0 Å². The van der Waals surface area contributed by atoms with Gasteiger partial charge >= 0.3 is 0 Å². The minimum Gasteiger partial charge on any atom is -0.313 e. The van der Waals surface area contributed by atoms with Gasteiger partial charge in [0.1, 0.15) is 12.2 Å². The first-order valence-electron chi connectivity index (χ1n) is 7.91. The molecule has 0 fully saturated rings. The van der Waals surface area contributed by atoms with E-state index in [1.807, 2.05) is 4.68 Å². The normalized spacial score (nSPS) is 14.0. The van der Waals surface area contributed by atoms with E-state index in [9.17, 15) is 0 Å². The van der Waals surface area contributed by atoms with Gasteiger partial charge in [0.25, 0.3) is 0 Å². The van der Waals surface area contributed by atoms with E-state index in [0.29, 0.717) is 12.0 Å². The molecular formula is C17H26N4. The Balaban J connectivity index is 2.14. The van der Waals surface area contributed by atoms with Gasteiger partial charge in [-0.2, -0.15) is 5.10 Å². The Bertz CT molecular complexity index is 521. The molecule has 0 amide bonds. The van der Waals surface area contributed by atoms with Crippen LogP contribution in [0.3, 0.4) is 0 Å². The summed E-state index contributed by atoms with van der Waals surface area (Å²) in [6.45, 7) is 8.49. The van der Waals surface area contributed by atoms with Gasteiger partial charge in [-0.1, -0.05) is 44.2 Å². The van der Waals surface area contributed by atoms with E-state index < -0.39 is 0 Å². The van der Waals surface area contributed by atoms with Crippen molar-refractivity contribution in [2.24, 2.45) is 0 Å². The number of nitrogens with zero attached hydrogens (tertiary/aromatic N) is 3. The predicted octanol–water partition coefficient (Wildman–Crippen LogP) is 3.01. The zero-order chi connectivity index (χ0) is 15.1. The van der Waals surface area contributed by atoms with Crippen molar-refractivity contribution in [3.8, 4) is 0 Å². The molecular weight excluding hydrogens is 260 g/mol. The van der Waals surface area contributed by atoms with E-state index in [1.54, 1.807) is 6.33 Å². The number of aromatic nitrogens is 3. The zero-order valence-corrected chi connectivity index (χ0v) is 13.3. The smallest absolute Gasteiger partial charge is 0.138 e. The highest BCUT2D eigenvalue weighted by Gasteiger charge is 2.20. The lowest BCUT2D eigenvalue weighted by molar-refractivity contribution is 0.429. The number of nitrogens with one attached hydrogen (secondary N) is 1. The summed E-state index contributed by atoms with van der Waals surface area (Å²) < 4.78 is 1.98. The molecule has 1 N–H and O–H groups in total. The Morgan fingerprint density at radius 2 is 1.95 bits per heavy atom. The Morgan fingerprint density at radius 3 is 2.62 bits per heavy atom. The van der Waals surface area contributed by atoms with Gasteiger partial charge in [0.2, 0.25) is 0 Å². The molecule has 4 nitrogen and oxygen atoms in total. The summed E-state index contributed by atoms with van der Waals surface area (Å²) in [6, 6.07) is 11.1. The van der Waals surface area contributed by atoms with Gasteiger partial charge in [0.05, 0.1) is 0 Å². The molecule has 0 radical (unpaired) electrons. The van der Waals surface area contributed by atoms with Crippen molar-refractivity contribution in [3.05, 3.63) is 48.0 Å². The molecule has 0 aliphatic rings. The molecule has 2 aromatic rings. The minimum atomic E-state index is 0.377. The molecule has 21 heavy (non-hydrogen) atoms. The van der Waals surface area contributed by atoms with Crippen LogP contribution in [0.1, 0.15) is 44.5 Å². The lowest BCUT2D eigenvalue weighted by Gasteiger charge is -2.25. The van der Waals surface area contributed by atoms with Crippen molar-refractivity contribution in [1.82, 2.24) is 20.1 Å². The number of benzene rings is 1. The number of hydrogen-bond acceptors (Lipinski definition) is 3. The van der Waals surface area contributed by atoms with Crippen molar-refractivity contribution in [2.45, 2.75) is 52.1 Å². The quantitative estimate of drug-likeness (QED) is 0.811. The third-order valence-corrected chi connectivity index (χ3v) is 3.98. The summed E-state index contributed by atoms with van der Waals surface area (Å²) in [6.07, 6.45) is 3.70. The number of aryl methyl sites for hydroxylation is 1. The monoisotopic (exact) mass is 286 g/mol. The average Bonchev–Trinajstić information content (AvgIpc) is 2.98. The maximum absolute atomic E-state index is 4.42. The third kappa shape index (κ3) is 4.14. The fraction of sp³-hybridized carbons (Fsp3) is 0.529. The van der Waals surface area contributed by atoms with Crippen LogP contribution in [0, 0.1) is 0 Å². The summed E-state index contributed by atoms with van der Waals surface area (Å²) in [5.74, 6) is 1.51. The first-order chi connectivity index (χ1) is 10.3. The van der Waals surface area contributed by atoms with Gasteiger partial charge < -0.3 is 5.32 Å². The Labute approximate surface area is 127 Å². The lowest BCUT2D eigenvalue weighted by Crippen LogP contribution is -2.37. The van der Waals surface area contributed by atoms with E-state index in [-0.39, 0.29) is 0 Å². The molecule has 0 aliphatic carbocycles. The van der Waals surface area contributed by atoms with E-state index in [0.717, 1.165) is 31.8 Å². The molecule has 4 heteroatoms. The summed E-state index contributed by atoms with van der Waals surface area (Å²) >= 11 is 0. The van der Waals surface area contributed by atoms with Gasteiger partial charge in [-0.05, 0) is 31.4 Å². The van der Waals surface area contributed by atoms with E-state index in [4.69, 9.17) is 0 Å². The van der Waals surface area contributed by atoms with Crippen LogP contribution >= 0.6 is 0 Å². The van der Waals surface area contributed by atoms with Crippen LogP contribution in [0.25, 0.3) is 0 Å². The highest BCUT2D eigenvalue weighted by molar-refractivity contribution is 5.21. The molecule has 1 aromatic heterocycles. The second-order valence-electron chi connectivity index (χ2n) is 5.46. The predicted molar refractivity (Wildman–Crippen MR) is 86.3 cm³/mol. The molecule has 0 aliphatic heterocycles. The summed E-state index contributed by atoms with van der Waals surface area (Å²) in [7, 11) is 0.